The number of aromatic nitrogens is 1. The SMILES string of the molecule is CN1CC(c2ccc3c(ccn3C)c2)NCC1C(=O)N1CCN(C(=O)C2(O)CC2)CC1. The van der Waals surface area contributed by atoms with Crippen molar-refractivity contribution in [3.05, 3.63) is 36.0 Å². The second kappa shape index (κ2) is 7.62. The molecule has 2 N–H and O–H groups in total. The van der Waals surface area contributed by atoms with Crippen LogP contribution in [0.5, 0.6) is 0 Å². The molecule has 8 heteroatoms. The molecular formula is C23H31N5O3. The van der Waals surface area contributed by atoms with Crippen molar-refractivity contribution in [3.8, 4) is 0 Å². The minimum absolute atomic E-state index is 0.115. The summed E-state index contributed by atoms with van der Waals surface area (Å²) in [6.07, 6.45) is 3.19. The predicted octanol–water partition coefficient (Wildman–Crippen LogP) is 0.319. The Balaban J connectivity index is 1.18. The maximum absolute atomic E-state index is 13.2. The lowest BCUT2D eigenvalue weighted by Crippen LogP contribution is -2.61. The van der Waals surface area contributed by atoms with Crippen LogP contribution in [0, 0.1) is 0 Å². The quantitative estimate of drug-likeness (QED) is 0.740. The molecule has 3 heterocycles. The number of amides is 2. The van der Waals surface area contributed by atoms with Gasteiger partial charge in [-0.25, -0.2) is 0 Å². The van der Waals surface area contributed by atoms with Gasteiger partial charge in [-0.3, -0.25) is 14.5 Å². The number of hydrogen-bond donors (Lipinski definition) is 2. The Labute approximate surface area is 182 Å². The van der Waals surface area contributed by atoms with E-state index in [1.54, 1.807) is 4.90 Å². The second-order valence-electron chi connectivity index (χ2n) is 9.31. The van der Waals surface area contributed by atoms with E-state index in [1.165, 1.54) is 16.5 Å². The molecule has 2 atom stereocenters. The molecule has 2 unspecified atom stereocenters. The fourth-order valence-corrected chi connectivity index (χ4v) is 4.87. The number of benzene rings is 1. The Kier molecular flexibility index (Phi) is 5.03. The number of rotatable bonds is 3. The van der Waals surface area contributed by atoms with Crippen LogP contribution in [0.2, 0.25) is 0 Å². The van der Waals surface area contributed by atoms with Gasteiger partial charge in [0.2, 0.25) is 5.91 Å². The van der Waals surface area contributed by atoms with Crippen molar-refractivity contribution >= 4 is 22.7 Å². The van der Waals surface area contributed by atoms with Crippen LogP contribution in [-0.2, 0) is 16.6 Å². The number of nitrogens with zero attached hydrogens (tertiary/aromatic N) is 4. The maximum atomic E-state index is 13.2. The fraction of sp³-hybridized carbons (Fsp3) is 0.565. The molecule has 3 aliphatic rings. The van der Waals surface area contributed by atoms with Gasteiger partial charge in [0.05, 0.1) is 0 Å². The molecule has 2 aromatic rings. The first-order chi connectivity index (χ1) is 14.9. The van der Waals surface area contributed by atoms with Crippen molar-refractivity contribution in [3.63, 3.8) is 0 Å². The van der Waals surface area contributed by atoms with Crippen LogP contribution < -0.4 is 5.32 Å². The van der Waals surface area contributed by atoms with Crippen molar-refractivity contribution in [2.75, 3.05) is 46.3 Å². The molecule has 1 saturated carbocycles. The standard InChI is InChI=1S/C23H31N5O3/c1-25-8-5-17-13-16(3-4-19(17)25)18-15-26(2)20(14-24-18)21(29)27-9-11-28(12-10-27)22(30)23(31)6-7-23/h3-5,8,13,18,20,24,31H,6-7,9-12,14-15H2,1-2H3. The van der Waals surface area contributed by atoms with Gasteiger partial charge in [-0.15, -0.1) is 0 Å². The molecule has 8 nitrogen and oxygen atoms in total. The van der Waals surface area contributed by atoms with E-state index < -0.39 is 5.60 Å². The number of fused-ring (bicyclic) bond motifs is 1. The minimum atomic E-state index is -1.13. The van der Waals surface area contributed by atoms with Gasteiger partial charge in [-0.05, 0) is 49.0 Å². The summed E-state index contributed by atoms with van der Waals surface area (Å²) in [5.41, 5.74) is 1.33. The smallest absolute Gasteiger partial charge is 0.254 e. The normalized spacial score (nSPS) is 26.3. The predicted molar refractivity (Wildman–Crippen MR) is 117 cm³/mol. The molecule has 1 aromatic carbocycles. The molecule has 2 aliphatic heterocycles. The highest BCUT2D eigenvalue weighted by Crippen LogP contribution is 2.37. The largest absolute Gasteiger partial charge is 0.380 e. The summed E-state index contributed by atoms with van der Waals surface area (Å²) in [6.45, 7) is 3.41. The van der Waals surface area contributed by atoms with Gasteiger partial charge in [-0.1, -0.05) is 6.07 Å². The van der Waals surface area contributed by atoms with E-state index in [4.69, 9.17) is 0 Å². The summed E-state index contributed by atoms with van der Waals surface area (Å²) in [4.78, 5) is 31.2. The highest BCUT2D eigenvalue weighted by Gasteiger charge is 2.50. The van der Waals surface area contributed by atoms with E-state index in [1.807, 2.05) is 19.0 Å². The van der Waals surface area contributed by atoms with Crippen LogP contribution in [0.25, 0.3) is 10.9 Å². The molecule has 0 radical (unpaired) electrons. The fourth-order valence-electron chi connectivity index (χ4n) is 4.87. The van der Waals surface area contributed by atoms with Gasteiger partial charge in [-0.2, -0.15) is 0 Å². The maximum Gasteiger partial charge on any atom is 0.254 e. The van der Waals surface area contributed by atoms with E-state index in [9.17, 15) is 14.7 Å². The van der Waals surface area contributed by atoms with Crippen molar-refractivity contribution in [1.82, 2.24) is 24.6 Å². The van der Waals surface area contributed by atoms with Gasteiger partial charge in [0.1, 0.15) is 11.6 Å². The zero-order valence-corrected chi connectivity index (χ0v) is 18.3. The highest BCUT2D eigenvalue weighted by atomic mass is 16.3. The Bertz CT molecular complexity index is 1010. The lowest BCUT2D eigenvalue weighted by Gasteiger charge is -2.42. The zero-order chi connectivity index (χ0) is 21.8. The Morgan fingerprint density at radius 2 is 1.77 bits per heavy atom. The zero-order valence-electron chi connectivity index (χ0n) is 18.3. The second-order valence-corrected chi connectivity index (χ2v) is 9.31. The minimum Gasteiger partial charge on any atom is -0.380 e. The summed E-state index contributed by atoms with van der Waals surface area (Å²) >= 11 is 0. The number of hydrogen-bond acceptors (Lipinski definition) is 5. The van der Waals surface area contributed by atoms with Crippen molar-refractivity contribution in [1.29, 1.82) is 0 Å². The average molecular weight is 426 g/mol. The molecule has 0 spiro atoms. The monoisotopic (exact) mass is 425 g/mol. The third-order valence-electron chi connectivity index (χ3n) is 7.16. The van der Waals surface area contributed by atoms with Crippen LogP contribution in [0.3, 0.4) is 0 Å². The van der Waals surface area contributed by atoms with E-state index in [-0.39, 0.29) is 23.9 Å². The lowest BCUT2D eigenvalue weighted by atomic mass is 10.00. The summed E-state index contributed by atoms with van der Waals surface area (Å²) < 4.78 is 2.12. The molecule has 5 rings (SSSR count). The third kappa shape index (κ3) is 3.73. The topological polar surface area (TPSA) is 81.0 Å². The molecule has 1 aliphatic carbocycles. The summed E-state index contributed by atoms with van der Waals surface area (Å²) in [5, 5.41) is 14.9. The molecule has 31 heavy (non-hydrogen) atoms. The number of carbonyl (C=O) groups is 2. The molecule has 2 saturated heterocycles. The molecule has 2 amide bonds. The summed E-state index contributed by atoms with van der Waals surface area (Å²) in [7, 11) is 4.06. The van der Waals surface area contributed by atoms with Gasteiger partial charge in [0, 0.05) is 64.1 Å². The number of aryl methyl sites for hydroxylation is 1. The molecule has 0 bridgehead atoms. The van der Waals surface area contributed by atoms with Gasteiger partial charge < -0.3 is 24.8 Å². The van der Waals surface area contributed by atoms with Crippen molar-refractivity contribution in [2.45, 2.75) is 30.5 Å². The van der Waals surface area contributed by atoms with E-state index in [2.05, 4.69) is 45.2 Å². The lowest BCUT2D eigenvalue weighted by molar-refractivity contribution is -0.149. The Morgan fingerprint density at radius 3 is 2.45 bits per heavy atom. The number of carbonyl (C=O) groups excluding carboxylic acids is 2. The van der Waals surface area contributed by atoms with E-state index in [0.29, 0.717) is 45.6 Å². The van der Waals surface area contributed by atoms with Gasteiger partial charge in [0.25, 0.3) is 5.91 Å². The molecule has 1 aromatic heterocycles. The van der Waals surface area contributed by atoms with E-state index in [0.717, 1.165) is 6.54 Å². The number of aliphatic hydroxyl groups is 1. The van der Waals surface area contributed by atoms with Crippen molar-refractivity contribution < 1.29 is 14.7 Å². The number of piperazine rings is 2. The molecule has 166 valence electrons. The van der Waals surface area contributed by atoms with Crippen LogP contribution in [0.1, 0.15) is 24.4 Å². The summed E-state index contributed by atoms with van der Waals surface area (Å²) in [6, 6.07) is 8.67. The first kappa shape index (κ1) is 20.5. The van der Waals surface area contributed by atoms with Gasteiger partial charge in [0.15, 0.2) is 0 Å². The van der Waals surface area contributed by atoms with Gasteiger partial charge >= 0.3 is 0 Å². The van der Waals surface area contributed by atoms with E-state index >= 15 is 0 Å². The Hall–Kier alpha value is -2.42. The highest BCUT2D eigenvalue weighted by molar-refractivity contribution is 5.88. The average Bonchev–Trinajstić information content (AvgIpc) is 3.44. The number of nitrogens with one attached hydrogen (secondary N) is 1. The Morgan fingerprint density at radius 1 is 1.06 bits per heavy atom. The first-order valence-electron chi connectivity index (χ1n) is 11.1. The third-order valence-corrected chi connectivity index (χ3v) is 7.16. The van der Waals surface area contributed by atoms with Crippen LogP contribution in [0.4, 0.5) is 0 Å². The number of likely N-dealkylation sites (N-methyl/N-ethyl adjacent to an activating group) is 1. The summed E-state index contributed by atoms with van der Waals surface area (Å²) in [5.74, 6) is -0.0570. The van der Waals surface area contributed by atoms with Crippen LogP contribution in [0.15, 0.2) is 30.5 Å². The molecular weight excluding hydrogens is 394 g/mol. The van der Waals surface area contributed by atoms with Crippen molar-refractivity contribution in [2.24, 2.45) is 7.05 Å². The molecule has 3 fully saturated rings. The van der Waals surface area contributed by atoms with Crippen LogP contribution in [-0.4, -0.2) is 94.1 Å². The first-order valence-corrected chi connectivity index (χ1v) is 11.1. The van der Waals surface area contributed by atoms with Crippen LogP contribution >= 0.6 is 0 Å².